The molecule has 0 radical (unpaired) electrons. The highest BCUT2D eigenvalue weighted by Gasteiger charge is 2.11. The molecular weight excluding hydrogens is 262 g/mol. The molecule has 1 rings (SSSR count). The lowest BCUT2D eigenvalue weighted by molar-refractivity contribution is 0.0939. The van der Waals surface area contributed by atoms with Gasteiger partial charge in [0.05, 0.1) is 8.66 Å². The Labute approximate surface area is 96.8 Å². The fourth-order valence-corrected chi connectivity index (χ4v) is 2.47. The average Bonchev–Trinajstić information content (AvgIpc) is 2.61. The van der Waals surface area contributed by atoms with Crippen molar-refractivity contribution in [3.63, 3.8) is 0 Å². The molecular formula is C10H14BrNOS. The van der Waals surface area contributed by atoms with E-state index in [1.54, 1.807) is 0 Å². The quantitative estimate of drug-likeness (QED) is 0.896. The highest BCUT2D eigenvalue weighted by Crippen LogP contribution is 2.22. The summed E-state index contributed by atoms with van der Waals surface area (Å²) in [6, 6.07) is 4.03. The van der Waals surface area contributed by atoms with Crippen LogP contribution in [0.15, 0.2) is 15.9 Å². The van der Waals surface area contributed by atoms with Crippen molar-refractivity contribution < 1.29 is 4.79 Å². The van der Waals surface area contributed by atoms with Gasteiger partial charge in [0.15, 0.2) is 0 Å². The lowest BCUT2D eigenvalue weighted by atomic mass is 10.2. The molecule has 0 aromatic carbocycles. The van der Waals surface area contributed by atoms with Crippen LogP contribution in [0.3, 0.4) is 0 Å². The van der Waals surface area contributed by atoms with Crippen LogP contribution >= 0.6 is 27.3 Å². The van der Waals surface area contributed by atoms with Gasteiger partial charge in [-0.1, -0.05) is 13.8 Å². The number of amides is 1. The number of thiophene rings is 1. The molecule has 78 valence electrons. The van der Waals surface area contributed by atoms with Crippen LogP contribution in [0, 0.1) is 0 Å². The molecule has 0 saturated carbocycles. The van der Waals surface area contributed by atoms with Crippen molar-refractivity contribution in [2.75, 3.05) is 0 Å². The summed E-state index contributed by atoms with van der Waals surface area (Å²) in [5.41, 5.74) is 0. The van der Waals surface area contributed by atoms with E-state index in [1.807, 2.05) is 12.1 Å². The average molecular weight is 276 g/mol. The molecule has 0 saturated heterocycles. The topological polar surface area (TPSA) is 29.1 Å². The Balaban J connectivity index is 2.58. The Hall–Kier alpha value is -0.350. The summed E-state index contributed by atoms with van der Waals surface area (Å²) in [6.07, 6.45) is 1.96. The van der Waals surface area contributed by atoms with E-state index in [-0.39, 0.29) is 5.91 Å². The van der Waals surface area contributed by atoms with Crippen LogP contribution in [0.5, 0.6) is 0 Å². The Morgan fingerprint density at radius 2 is 2.14 bits per heavy atom. The van der Waals surface area contributed by atoms with E-state index in [0.29, 0.717) is 6.04 Å². The Morgan fingerprint density at radius 3 is 2.57 bits per heavy atom. The maximum absolute atomic E-state index is 11.7. The number of hydrogen-bond acceptors (Lipinski definition) is 2. The predicted octanol–water partition coefficient (Wildman–Crippen LogP) is 3.43. The number of halogens is 1. The molecule has 0 spiro atoms. The molecule has 1 amide bonds. The normalized spacial score (nSPS) is 10.6. The molecule has 0 aliphatic rings. The molecule has 2 nitrogen and oxygen atoms in total. The smallest absolute Gasteiger partial charge is 0.261 e. The summed E-state index contributed by atoms with van der Waals surface area (Å²) in [4.78, 5) is 12.4. The lowest BCUT2D eigenvalue weighted by Gasteiger charge is -2.13. The van der Waals surface area contributed by atoms with Gasteiger partial charge in [-0.2, -0.15) is 0 Å². The van der Waals surface area contributed by atoms with E-state index >= 15 is 0 Å². The fraction of sp³-hybridized carbons (Fsp3) is 0.500. The third kappa shape index (κ3) is 3.10. The summed E-state index contributed by atoms with van der Waals surface area (Å²) in [5, 5.41) is 3.00. The van der Waals surface area contributed by atoms with Crippen LogP contribution in [-0.4, -0.2) is 11.9 Å². The van der Waals surface area contributed by atoms with Gasteiger partial charge in [-0.15, -0.1) is 11.3 Å². The van der Waals surface area contributed by atoms with Gasteiger partial charge in [-0.25, -0.2) is 0 Å². The van der Waals surface area contributed by atoms with Gasteiger partial charge in [-0.3, -0.25) is 4.79 Å². The van der Waals surface area contributed by atoms with E-state index in [2.05, 4.69) is 35.1 Å². The standard InChI is InChI=1S/C10H14BrNOS/c1-3-7(4-2)12-10(13)8-5-6-9(11)14-8/h5-7H,3-4H2,1-2H3,(H,12,13). The van der Waals surface area contributed by atoms with Gasteiger partial charge in [0.1, 0.15) is 0 Å². The lowest BCUT2D eigenvalue weighted by Crippen LogP contribution is -2.33. The van der Waals surface area contributed by atoms with E-state index in [4.69, 9.17) is 0 Å². The minimum Gasteiger partial charge on any atom is -0.349 e. The van der Waals surface area contributed by atoms with Crippen molar-refractivity contribution >= 4 is 33.2 Å². The van der Waals surface area contributed by atoms with Gasteiger partial charge in [0.25, 0.3) is 5.91 Å². The van der Waals surface area contributed by atoms with E-state index in [0.717, 1.165) is 21.5 Å². The van der Waals surface area contributed by atoms with Gasteiger partial charge in [-0.05, 0) is 40.9 Å². The molecule has 14 heavy (non-hydrogen) atoms. The second-order valence-electron chi connectivity index (χ2n) is 3.09. The van der Waals surface area contributed by atoms with E-state index in [9.17, 15) is 4.79 Å². The first kappa shape index (κ1) is 11.7. The number of carbonyl (C=O) groups excluding carboxylic acids is 1. The molecule has 1 N–H and O–H groups in total. The number of carbonyl (C=O) groups is 1. The van der Waals surface area contributed by atoms with Gasteiger partial charge < -0.3 is 5.32 Å². The Kier molecular flexibility index (Phi) is 4.62. The fourth-order valence-electron chi connectivity index (χ4n) is 1.19. The zero-order valence-electron chi connectivity index (χ0n) is 8.34. The highest BCUT2D eigenvalue weighted by atomic mass is 79.9. The van der Waals surface area contributed by atoms with Crippen molar-refractivity contribution in [1.82, 2.24) is 5.32 Å². The van der Waals surface area contributed by atoms with Crippen molar-refractivity contribution in [2.45, 2.75) is 32.7 Å². The minimum absolute atomic E-state index is 0.0365. The van der Waals surface area contributed by atoms with Crippen molar-refractivity contribution in [3.8, 4) is 0 Å². The molecule has 1 heterocycles. The van der Waals surface area contributed by atoms with Crippen LogP contribution in [0.1, 0.15) is 36.4 Å². The maximum atomic E-state index is 11.7. The molecule has 1 aromatic heterocycles. The van der Waals surface area contributed by atoms with Crippen molar-refractivity contribution in [2.24, 2.45) is 0 Å². The number of hydrogen-bond donors (Lipinski definition) is 1. The van der Waals surface area contributed by atoms with Crippen molar-refractivity contribution in [3.05, 3.63) is 20.8 Å². The van der Waals surface area contributed by atoms with Crippen molar-refractivity contribution in [1.29, 1.82) is 0 Å². The SMILES string of the molecule is CCC(CC)NC(=O)c1ccc(Br)s1. The largest absolute Gasteiger partial charge is 0.349 e. The summed E-state index contributed by atoms with van der Waals surface area (Å²) in [6.45, 7) is 4.16. The summed E-state index contributed by atoms with van der Waals surface area (Å²) in [5.74, 6) is 0.0365. The minimum atomic E-state index is 0.0365. The molecule has 0 aliphatic carbocycles. The third-order valence-electron chi connectivity index (χ3n) is 2.12. The molecule has 0 atom stereocenters. The van der Waals surface area contributed by atoms with Crippen LogP contribution in [0.25, 0.3) is 0 Å². The third-order valence-corrected chi connectivity index (χ3v) is 3.74. The number of nitrogens with one attached hydrogen (secondary N) is 1. The van der Waals surface area contributed by atoms with Crippen LogP contribution in [0.4, 0.5) is 0 Å². The maximum Gasteiger partial charge on any atom is 0.261 e. The predicted molar refractivity (Wildman–Crippen MR) is 63.9 cm³/mol. The zero-order chi connectivity index (χ0) is 10.6. The summed E-state index contributed by atoms with van der Waals surface area (Å²) >= 11 is 4.80. The van der Waals surface area contributed by atoms with E-state index < -0.39 is 0 Å². The van der Waals surface area contributed by atoms with Crippen LogP contribution in [0.2, 0.25) is 0 Å². The first-order chi connectivity index (χ1) is 6.67. The first-order valence-electron chi connectivity index (χ1n) is 4.73. The molecule has 4 heteroatoms. The summed E-state index contributed by atoms with van der Waals surface area (Å²) in [7, 11) is 0. The Bertz CT molecular complexity index is 307. The second kappa shape index (κ2) is 5.51. The highest BCUT2D eigenvalue weighted by molar-refractivity contribution is 9.11. The van der Waals surface area contributed by atoms with Crippen LogP contribution in [-0.2, 0) is 0 Å². The van der Waals surface area contributed by atoms with Gasteiger partial charge in [0.2, 0.25) is 0 Å². The molecule has 0 bridgehead atoms. The molecule has 1 aromatic rings. The second-order valence-corrected chi connectivity index (χ2v) is 5.55. The molecule has 0 aliphatic heterocycles. The summed E-state index contributed by atoms with van der Waals surface area (Å²) < 4.78 is 0.993. The molecule has 0 fully saturated rings. The first-order valence-corrected chi connectivity index (χ1v) is 6.34. The van der Waals surface area contributed by atoms with Gasteiger partial charge >= 0.3 is 0 Å². The number of rotatable bonds is 4. The zero-order valence-corrected chi connectivity index (χ0v) is 10.7. The molecule has 0 unspecified atom stereocenters. The van der Waals surface area contributed by atoms with Gasteiger partial charge in [0, 0.05) is 6.04 Å². The monoisotopic (exact) mass is 275 g/mol. The Morgan fingerprint density at radius 1 is 1.50 bits per heavy atom. The van der Waals surface area contributed by atoms with E-state index in [1.165, 1.54) is 11.3 Å². The van der Waals surface area contributed by atoms with Crippen LogP contribution < -0.4 is 5.32 Å².